The van der Waals surface area contributed by atoms with Crippen molar-refractivity contribution in [3.05, 3.63) is 0 Å². The molecule has 0 aromatic heterocycles. The maximum atomic E-state index is 11.9. The zero-order valence-electron chi connectivity index (χ0n) is 10.3. The molecule has 1 heterocycles. The Morgan fingerprint density at radius 2 is 1.75 bits per heavy atom. The third-order valence-electron chi connectivity index (χ3n) is 2.90. The molecule has 0 unspecified atom stereocenters. The fourth-order valence-corrected chi connectivity index (χ4v) is 2.99. The molecule has 1 fully saturated rings. The van der Waals surface area contributed by atoms with Crippen LogP contribution in [-0.4, -0.2) is 69.3 Å². The lowest BCUT2D eigenvalue weighted by Crippen LogP contribution is -2.50. The molecular formula is C10H22N2O3S. The van der Waals surface area contributed by atoms with E-state index in [0.29, 0.717) is 19.7 Å². The molecule has 16 heavy (non-hydrogen) atoms. The predicted octanol–water partition coefficient (Wildman–Crippen LogP) is -0.0114. The Morgan fingerprint density at radius 3 is 2.19 bits per heavy atom. The van der Waals surface area contributed by atoms with Crippen molar-refractivity contribution in [2.45, 2.75) is 19.1 Å². The van der Waals surface area contributed by atoms with Crippen LogP contribution in [0.15, 0.2) is 0 Å². The van der Waals surface area contributed by atoms with Gasteiger partial charge in [-0.25, -0.2) is 8.42 Å². The van der Waals surface area contributed by atoms with E-state index in [9.17, 15) is 8.42 Å². The molecule has 0 atom stereocenters. The third kappa shape index (κ3) is 3.41. The quantitative estimate of drug-likeness (QED) is 0.688. The van der Waals surface area contributed by atoms with Crippen molar-refractivity contribution in [3.8, 4) is 0 Å². The Balaban J connectivity index is 2.43. The Labute approximate surface area is 98.4 Å². The molecule has 0 bridgehead atoms. The molecule has 96 valence electrons. The van der Waals surface area contributed by atoms with Gasteiger partial charge in [0.2, 0.25) is 10.0 Å². The van der Waals surface area contributed by atoms with E-state index in [2.05, 4.69) is 4.90 Å². The van der Waals surface area contributed by atoms with Crippen LogP contribution in [0, 0.1) is 0 Å². The maximum Gasteiger partial charge on any atom is 0.216 e. The predicted molar refractivity (Wildman–Crippen MR) is 63.9 cm³/mol. The van der Waals surface area contributed by atoms with E-state index in [-0.39, 0.29) is 5.25 Å². The summed E-state index contributed by atoms with van der Waals surface area (Å²) in [6.07, 6.45) is 0. The number of nitrogens with zero attached hydrogens (tertiary/aromatic N) is 2. The van der Waals surface area contributed by atoms with Crippen LogP contribution in [0.3, 0.4) is 0 Å². The number of methoxy groups -OCH3 is 1. The molecule has 5 nitrogen and oxygen atoms in total. The van der Waals surface area contributed by atoms with Gasteiger partial charge < -0.3 is 4.74 Å². The molecule has 1 aliphatic rings. The van der Waals surface area contributed by atoms with Crippen LogP contribution in [0.25, 0.3) is 0 Å². The van der Waals surface area contributed by atoms with Gasteiger partial charge in [-0.2, -0.15) is 4.31 Å². The van der Waals surface area contributed by atoms with E-state index in [1.807, 2.05) is 0 Å². The summed E-state index contributed by atoms with van der Waals surface area (Å²) in [4.78, 5) is 2.23. The van der Waals surface area contributed by atoms with Crippen molar-refractivity contribution in [2.24, 2.45) is 0 Å². The standard InChI is InChI=1S/C10H22N2O3S/c1-10(2)16(13,14)12-6-4-11(5-7-12)8-9-15-3/h10H,4-9H2,1-3H3. The first-order valence-corrected chi connectivity index (χ1v) is 7.19. The summed E-state index contributed by atoms with van der Waals surface area (Å²) in [7, 11) is -1.39. The molecule has 0 N–H and O–H groups in total. The summed E-state index contributed by atoms with van der Waals surface area (Å²) in [5, 5.41) is -0.321. The lowest BCUT2D eigenvalue weighted by atomic mass is 10.4. The second kappa shape index (κ2) is 5.95. The fraction of sp³-hybridized carbons (Fsp3) is 1.00. The minimum atomic E-state index is -3.07. The largest absolute Gasteiger partial charge is 0.383 e. The molecule has 1 rings (SSSR count). The van der Waals surface area contributed by atoms with E-state index in [1.54, 1.807) is 25.3 Å². The van der Waals surface area contributed by atoms with Gasteiger partial charge in [0.05, 0.1) is 11.9 Å². The van der Waals surface area contributed by atoms with Crippen molar-refractivity contribution in [1.82, 2.24) is 9.21 Å². The first-order chi connectivity index (χ1) is 7.48. The van der Waals surface area contributed by atoms with Crippen molar-refractivity contribution >= 4 is 10.0 Å². The van der Waals surface area contributed by atoms with Crippen molar-refractivity contribution in [1.29, 1.82) is 0 Å². The molecule has 0 aromatic rings. The monoisotopic (exact) mass is 250 g/mol. The summed E-state index contributed by atoms with van der Waals surface area (Å²) in [6, 6.07) is 0. The average molecular weight is 250 g/mol. The van der Waals surface area contributed by atoms with Crippen LogP contribution in [0.5, 0.6) is 0 Å². The third-order valence-corrected chi connectivity index (χ3v) is 5.17. The van der Waals surface area contributed by atoms with E-state index in [0.717, 1.165) is 19.6 Å². The average Bonchev–Trinajstić information content (AvgIpc) is 2.26. The zero-order chi connectivity index (χ0) is 12.2. The number of hydrogen-bond donors (Lipinski definition) is 0. The summed E-state index contributed by atoms with van der Waals surface area (Å²) < 4.78 is 30.4. The van der Waals surface area contributed by atoms with Gasteiger partial charge >= 0.3 is 0 Å². The Morgan fingerprint density at radius 1 is 1.19 bits per heavy atom. The molecular weight excluding hydrogens is 228 g/mol. The van der Waals surface area contributed by atoms with Crippen molar-refractivity contribution in [3.63, 3.8) is 0 Å². The second-order valence-corrected chi connectivity index (χ2v) is 6.82. The van der Waals surface area contributed by atoms with Crippen LogP contribution in [-0.2, 0) is 14.8 Å². The smallest absolute Gasteiger partial charge is 0.216 e. The molecule has 0 spiro atoms. The van der Waals surface area contributed by atoms with Gasteiger partial charge in [0, 0.05) is 39.8 Å². The molecule has 1 aliphatic heterocycles. The zero-order valence-corrected chi connectivity index (χ0v) is 11.2. The Hall–Kier alpha value is -0.170. The van der Waals surface area contributed by atoms with Gasteiger partial charge in [-0.1, -0.05) is 0 Å². The van der Waals surface area contributed by atoms with E-state index >= 15 is 0 Å². The first-order valence-electron chi connectivity index (χ1n) is 5.68. The van der Waals surface area contributed by atoms with Gasteiger partial charge in [-0.15, -0.1) is 0 Å². The Bertz CT molecular complexity index is 295. The highest BCUT2D eigenvalue weighted by atomic mass is 32.2. The van der Waals surface area contributed by atoms with Gasteiger partial charge in [-0.3, -0.25) is 4.90 Å². The van der Waals surface area contributed by atoms with Crippen LogP contribution >= 0.6 is 0 Å². The Kier molecular flexibility index (Phi) is 5.17. The molecule has 0 radical (unpaired) electrons. The summed E-state index contributed by atoms with van der Waals surface area (Å²) >= 11 is 0. The van der Waals surface area contributed by atoms with E-state index in [1.165, 1.54) is 0 Å². The van der Waals surface area contributed by atoms with E-state index < -0.39 is 10.0 Å². The van der Waals surface area contributed by atoms with Gasteiger partial charge in [0.25, 0.3) is 0 Å². The molecule has 0 aromatic carbocycles. The SMILES string of the molecule is COCCN1CCN(S(=O)(=O)C(C)C)CC1. The van der Waals surface area contributed by atoms with Gasteiger partial charge in [0.15, 0.2) is 0 Å². The minimum absolute atomic E-state index is 0.321. The summed E-state index contributed by atoms with van der Waals surface area (Å²) in [5.74, 6) is 0. The number of rotatable bonds is 5. The minimum Gasteiger partial charge on any atom is -0.383 e. The highest BCUT2D eigenvalue weighted by molar-refractivity contribution is 7.89. The van der Waals surface area contributed by atoms with Crippen LogP contribution < -0.4 is 0 Å². The molecule has 0 amide bonds. The van der Waals surface area contributed by atoms with E-state index in [4.69, 9.17) is 4.74 Å². The van der Waals surface area contributed by atoms with Crippen LogP contribution in [0.2, 0.25) is 0 Å². The normalized spacial score (nSPS) is 20.5. The number of ether oxygens (including phenoxy) is 1. The fourth-order valence-electron chi connectivity index (χ4n) is 1.73. The second-order valence-electron chi connectivity index (χ2n) is 4.33. The summed E-state index contributed by atoms with van der Waals surface area (Å²) in [5.41, 5.74) is 0. The topological polar surface area (TPSA) is 49.9 Å². The van der Waals surface area contributed by atoms with Crippen LogP contribution in [0.1, 0.15) is 13.8 Å². The molecule has 6 heteroatoms. The summed E-state index contributed by atoms with van der Waals surface area (Å²) in [6.45, 7) is 7.85. The van der Waals surface area contributed by atoms with Crippen molar-refractivity contribution in [2.75, 3.05) is 46.4 Å². The van der Waals surface area contributed by atoms with Crippen molar-refractivity contribution < 1.29 is 13.2 Å². The lowest BCUT2D eigenvalue weighted by Gasteiger charge is -2.34. The number of piperazine rings is 1. The number of sulfonamides is 1. The highest BCUT2D eigenvalue weighted by Crippen LogP contribution is 2.11. The maximum absolute atomic E-state index is 11.9. The molecule has 0 aliphatic carbocycles. The first kappa shape index (κ1) is 13.9. The molecule has 0 saturated carbocycles. The van der Waals surface area contributed by atoms with Gasteiger partial charge in [-0.05, 0) is 13.8 Å². The van der Waals surface area contributed by atoms with Crippen LogP contribution in [0.4, 0.5) is 0 Å². The number of hydrogen-bond acceptors (Lipinski definition) is 4. The van der Waals surface area contributed by atoms with Gasteiger partial charge in [0.1, 0.15) is 0 Å². The lowest BCUT2D eigenvalue weighted by molar-refractivity contribution is 0.123. The highest BCUT2D eigenvalue weighted by Gasteiger charge is 2.28. The molecule has 1 saturated heterocycles.